The second-order valence-corrected chi connectivity index (χ2v) is 11.2. The van der Waals surface area contributed by atoms with Crippen molar-refractivity contribution < 1.29 is 12.8 Å². The molecule has 0 atom stereocenters. The molecule has 2 heterocycles. The van der Waals surface area contributed by atoms with E-state index < -0.39 is 15.8 Å². The molecule has 5 rings (SSSR count). The van der Waals surface area contributed by atoms with Gasteiger partial charge in [-0.25, -0.2) is 22.8 Å². The van der Waals surface area contributed by atoms with Crippen molar-refractivity contribution in [1.82, 2.24) is 14.5 Å². The van der Waals surface area contributed by atoms with E-state index in [1.165, 1.54) is 24.5 Å². The highest BCUT2D eigenvalue weighted by molar-refractivity contribution is 7.92. The van der Waals surface area contributed by atoms with Crippen molar-refractivity contribution >= 4 is 67.4 Å². The van der Waals surface area contributed by atoms with Gasteiger partial charge < -0.3 is 10.3 Å². The molecule has 12 heteroatoms. The third-order valence-electron chi connectivity index (χ3n) is 6.15. The van der Waals surface area contributed by atoms with Gasteiger partial charge in [-0.05, 0) is 42.7 Å². The summed E-state index contributed by atoms with van der Waals surface area (Å²) >= 11 is 17.9. The summed E-state index contributed by atoms with van der Waals surface area (Å²) in [6, 6.07) is 6.80. The van der Waals surface area contributed by atoms with E-state index in [0.717, 1.165) is 31.7 Å². The molecular weight excluding hydrogens is 536 g/mol. The van der Waals surface area contributed by atoms with Gasteiger partial charge in [-0.3, -0.25) is 4.72 Å². The molecule has 4 aromatic rings. The Labute approximate surface area is 216 Å². The van der Waals surface area contributed by atoms with Crippen molar-refractivity contribution in [3.8, 4) is 11.1 Å². The molecule has 0 bridgehead atoms. The Bertz CT molecular complexity index is 1570. The molecule has 0 aliphatic heterocycles. The Kier molecular flexibility index (Phi) is 6.29. The lowest BCUT2D eigenvalue weighted by atomic mass is 10.1. The minimum atomic E-state index is -4.24. The topological polar surface area (TPSA) is 103 Å². The Balaban J connectivity index is 1.53. The maximum absolute atomic E-state index is 15.2. The monoisotopic (exact) mass is 553 g/mol. The largest absolute Gasteiger partial charge is 0.383 e. The first-order chi connectivity index (χ1) is 16.7. The molecule has 2 aromatic heterocycles. The fourth-order valence-corrected chi connectivity index (χ4v) is 6.53. The van der Waals surface area contributed by atoms with Crippen LogP contribution in [0, 0.1) is 5.82 Å². The number of hydrogen-bond donors (Lipinski definition) is 2. The highest BCUT2D eigenvalue weighted by Crippen LogP contribution is 2.39. The Morgan fingerprint density at radius 2 is 1.74 bits per heavy atom. The van der Waals surface area contributed by atoms with Crippen LogP contribution >= 0.6 is 34.8 Å². The quantitative estimate of drug-likeness (QED) is 0.267. The second-order valence-electron chi connectivity index (χ2n) is 8.34. The van der Waals surface area contributed by atoms with Gasteiger partial charge in [0.05, 0.1) is 26.1 Å². The summed E-state index contributed by atoms with van der Waals surface area (Å²) in [4.78, 5) is 8.22. The smallest absolute Gasteiger partial charge is 0.263 e. The van der Waals surface area contributed by atoms with Crippen LogP contribution in [0.25, 0.3) is 22.2 Å². The molecule has 182 valence electrons. The van der Waals surface area contributed by atoms with Gasteiger partial charge >= 0.3 is 0 Å². The lowest BCUT2D eigenvalue weighted by Gasteiger charge is -2.12. The molecule has 7 nitrogen and oxygen atoms in total. The van der Waals surface area contributed by atoms with E-state index in [1.54, 1.807) is 6.07 Å². The van der Waals surface area contributed by atoms with E-state index in [4.69, 9.17) is 40.5 Å². The van der Waals surface area contributed by atoms with Gasteiger partial charge in [0.25, 0.3) is 10.0 Å². The number of nitrogens with one attached hydrogen (secondary N) is 1. The van der Waals surface area contributed by atoms with Crippen LogP contribution in [0.1, 0.15) is 31.7 Å². The first-order valence-electron chi connectivity index (χ1n) is 10.7. The van der Waals surface area contributed by atoms with Crippen LogP contribution in [0.3, 0.4) is 0 Å². The molecule has 0 saturated heterocycles. The summed E-state index contributed by atoms with van der Waals surface area (Å²) in [5, 5.41) is 0.603. The van der Waals surface area contributed by atoms with Crippen LogP contribution in [-0.2, 0) is 10.0 Å². The summed E-state index contributed by atoms with van der Waals surface area (Å²) in [5.41, 5.74) is 7.81. The summed E-state index contributed by atoms with van der Waals surface area (Å²) in [6.07, 6.45) is 7.65. The Morgan fingerprint density at radius 3 is 2.46 bits per heavy atom. The summed E-state index contributed by atoms with van der Waals surface area (Å²) in [7, 11) is -4.24. The first-order valence-corrected chi connectivity index (χ1v) is 13.4. The summed E-state index contributed by atoms with van der Waals surface area (Å²) < 4.78 is 45.2. The average molecular weight is 555 g/mol. The van der Waals surface area contributed by atoms with Gasteiger partial charge in [-0.15, -0.1) is 0 Å². The van der Waals surface area contributed by atoms with Crippen LogP contribution in [0.15, 0.2) is 47.8 Å². The number of nitrogens with zero attached hydrogens (tertiary/aromatic N) is 3. The lowest BCUT2D eigenvalue weighted by molar-refractivity contribution is 0.532. The van der Waals surface area contributed by atoms with Crippen molar-refractivity contribution in [2.24, 2.45) is 0 Å². The third kappa shape index (κ3) is 4.42. The van der Waals surface area contributed by atoms with Crippen LogP contribution < -0.4 is 10.5 Å². The molecule has 2 aromatic carbocycles. The average Bonchev–Trinajstić information content (AvgIpc) is 3.46. The zero-order valence-electron chi connectivity index (χ0n) is 18.1. The number of aromatic nitrogens is 3. The fraction of sp³-hybridized carbons (Fsp3) is 0.217. The number of rotatable bonds is 5. The summed E-state index contributed by atoms with van der Waals surface area (Å²) in [5.74, 6) is -0.486. The Morgan fingerprint density at radius 1 is 1.03 bits per heavy atom. The third-order valence-corrected chi connectivity index (χ3v) is 8.70. The van der Waals surface area contributed by atoms with Gasteiger partial charge in [0.2, 0.25) is 0 Å². The van der Waals surface area contributed by atoms with E-state index >= 15 is 4.39 Å². The van der Waals surface area contributed by atoms with E-state index in [0.29, 0.717) is 28.0 Å². The summed E-state index contributed by atoms with van der Waals surface area (Å²) in [6.45, 7) is 0. The molecule has 35 heavy (non-hydrogen) atoms. The standard InChI is InChI=1S/C23H19Cl3FN5O2S/c24-15-8-17(26)20(9-16(15)25)35(33,34)31-19-6-5-12(7-18(19)27)14-10-32(13-3-1-2-4-13)23-21(14)22(28)29-11-30-23/h5-11,13,31H,1-4H2,(H2,28,29,30). The van der Waals surface area contributed by atoms with E-state index in [9.17, 15) is 8.42 Å². The normalized spacial score (nSPS) is 14.6. The van der Waals surface area contributed by atoms with Crippen molar-refractivity contribution in [1.29, 1.82) is 0 Å². The van der Waals surface area contributed by atoms with Crippen molar-refractivity contribution in [3.63, 3.8) is 0 Å². The van der Waals surface area contributed by atoms with E-state index in [1.807, 2.05) is 6.20 Å². The van der Waals surface area contributed by atoms with Gasteiger partial charge in [-0.2, -0.15) is 0 Å². The van der Waals surface area contributed by atoms with Crippen LogP contribution in [0.5, 0.6) is 0 Å². The van der Waals surface area contributed by atoms with E-state index in [-0.39, 0.29) is 31.7 Å². The number of anilines is 2. The number of fused-ring (bicyclic) bond motifs is 1. The number of benzene rings is 2. The lowest BCUT2D eigenvalue weighted by Crippen LogP contribution is -2.14. The second kappa shape index (κ2) is 9.13. The van der Waals surface area contributed by atoms with Gasteiger partial charge in [-0.1, -0.05) is 53.7 Å². The maximum Gasteiger partial charge on any atom is 0.263 e. The molecule has 0 unspecified atom stereocenters. The maximum atomic E-state index is 15.2. The predicted molar refractivity (Wildman–Crippen MR) is 137 cm³/mol. The highest BCUT2D eigenvalue weighted by atomic mass is 35.5. The van der Waals surface area contributed by atoms with Crippen molar-refractivity contribution in [3.05, 3.63) is 63.7 Å². The Hall–Kier alpha value is -2.59. The van der Waals surface area contributed by atoms with Crippen LogP contribution in [-0.4, -0.2) is 23.0 Å². The molecule has 0 spiro atoms. The molecule has 1 aliphatic carbocycles. The minimum Gasteiger partial charge on any atom is -0.383 e. The fourth-order valence-electron chi connectivity index (χ4n) is 4.46. The number of hydrogen-bond acceptors (Lipinski definition) is 5. The van der Waals surface area contributed by atoms with Crippen molar-refractivity contribution in [2.75, 3.05) is 10.5 Å². The SMILES string of the molecule is Nc1ncnc2c1c(-c1ccc(NS(=O)(=O)c3cc(Cl)c(Cl)cc3Cl)c(F)c1)cn2C1CCCC1. The predicted octanol–water partition coefficient (Wildman–Crippen LogP) is 6.70. The first kappa shape index (κ1) is 24.1. The van der Waals surface area contributed by atoms with Crippen LogP contribution in [0.2, 0.25) is 15.1 Å². The van der Waals surface area contributed by atoms with Gasteiger partial charge in [0.15, 0.2) is 0 Å². The number of nitrogen functional groups attached to an aromatic ring is 1. The zero-order chi connectivity index (χ0) is 24.9. The molecule has 0 amide bonds. The molecule has 1 fully saturated rings. The molecular formula is C23H19Cl3FN5O2S. The van der Waals surface area contributed by atoms with Crippen molar-refractivity contribution in [2.45, 2.75) is 36.6 Å². The zero-order valence-corrected chi connectivity index (χ0v) is 21.2. The van der Waals surface area contributed by atoms with E-state index in [2.05, 4.69) is 19.3 Å². The number of nitrogens with two attached hydrogens (primary N) is 1. The molecule has 0 radical (unpaired) electrons. The van der Waals surface area contributed by atoms with Gasteiger partial charge in [0, 0.05) is 17.8 Å². The highest BCUT2D eigenvalue weighted by Gasteiger charge is 2.25. The number of halogens is 4. The number of sulfonamides is 1. The molecule has 1 saturated carbocycles. The van der Waals surface area contributed by atoms with Gasteiger partial charge in [0.1, 0.15) is 28.5 Å². The molecule has 1 aliphatic rings. The minimum absolute atomic E-state index is 0.00530. The molecule has 3 N–H and O–H groups in total. The van der Waals surface area contributed by atoms with Crippen LogP contribution in [0.4, 0.5) is 15.9 Å².